The van der Waals surface area contributed by atoms with Crippen LogP contribution in [0.5, 0.6) is 0 Å². The van der Waals surface area contributed by atoms with Crippen LogP contribution in [-0.4, -0.2) is 6.54 Å². The highest BCUT2D eigenvalue weighted by molar-refractivity contribution is 5.94. The Hall–Kier alpha value is -2.80. The summed E-state index contributed by atoms with van der Waals surface area (Å²) in [6.07, 6.45) is 12.3. The van der Waals surface area contributed by atoms with Crippen molar-refractivity contribution in [3.05, 3.63) is 102 Å². The normalized spacial score (nSPS) is 31.0. The van der Waals surface area contributed by atoms with Gasteiger partial charge in [0.2, 0.25) is 0 Å². The van der Waals surface area contributed by atoms with Gasteiger partial charge < -0.3 is 4.90 Å². The zero-order valence-corrected chi connectivity index (χ0v) is 16.5. The van der Waals surface area contributed by atoms with Crippen LogP contribution in [0.15, 0.2) is 85.0 Å². The molecule has 0 aromatic heterocycles. The minimum absolute atomic E-state index is 0.477. The predicted molar refractivity (Wildman–Crippen MR) is 120 cm³/mol. The van der Waals surface area contributed by atoms with Gasteiger partial charge in [0.1, 0.15) is 0 Å². The molecule has 0 radical (unpaired) electrons. The number of hydrogen-bond acceptors (Lipinski definition) is 1. The number of fused-ring (bicyclic) bond motifs is 6. The van der Waals surface area contributed by atoms with Crippen LogP contribution >= 0.6 is 0 Å². The number of hydrogen-bond donors (Lipinski definition) is 0. The lowest BCUT2D eigenvalue weighted by atomic mass is 9.69. The van der Waals surface area contributed by atoms with E-state index in [2.05, 4.69) is 89.9 Å². The molecule has 0 saturated carbocycles. The van der Waals surface area contributed by atoms with Crippen molar-refractivity contribution in [1.82, 2.24) is 0 Å². The van der Waals surface area contributed by atoms with Gasteiger partial charge in [-0.25, -0.2) is 0 Å². The van der Waals surface area contributed by atoms with Gasteiger partial charge in [-0.1, -0.05) is 78.9 Å². The fourth-order valence-corrected chi connectivity index (χ4v) is 6.76. The van der Waals surface area contributed by atoms with E-state index in [1.807, 2.05) is 0 Å². The predicted octanol–water partition coefficient (Wildman–Crippen LogP) is 6.73. The van der Waals surface area contributed by atoms with Crippen molar-refractivity contribution in [1.29, 1.82) is 0 Å². The van der Waals surface area contributed by atoms with E-state index in [0.29, 0.717) is 29.7 Å². The Morgan fingerprint density at radius 2 is 1.59 bits per heavy atom. The Morgan fingerprint density at radius 1 is 0.793 bits per heavy atom. The molecule has 0 spiro atoms. The Balaban J connectivity index is 1.56. The summed E-state index contributed by atoms with van der Waals surface area (Å²) in [5.41, 5.74) is 6.21. The fourth-order valence-electron chi connectivity index (χ4n) is 6.76. The van der Waals surface area contributed by atoms with Gasteiger partial charge in [-0.3, -0.25) is 0 Å². The Labute approximate surface area is 172 Å². The quantitative estimate of drug-likeness (QED) is 0.426. The number of benzene rings is 3. The summed E-state index contributed by atoms with van der Waals surface area (Å²) in [5, 5.41) is 2.88. The van der Waals surface area contributed by atoms with Crippen molar-refractivity contribution >= 4 is 16.5 Å². The standard InChI is InChI=1S/C28H25N/c1-2-8-18(9-3-1)27-24-15-7-14-23(24)26-22-12-5-4-10-19(22)16-25-21-13-6-11-20(21)17-29(27)28(25)26/h1-10,12-14,16,20-21,23-24,27H,11,15,17H2/t20-,21+,23+,24+,27-/m1/s1. The summed E-state index contributed by atoms with van der Waals surface area (Å²) >= 11 is 0. The summed E-state index contributed by atoms with van der Waals surface area (Å²) < 4.78 is 0. The molecule has 0 amide bonds. The van der Waals surface area contributed by atoms with Gasteiger partial charge in [0, 0.05) is 24.1 Å². The Morgan fingerprint density at radius 3 is 2.52 bits per heavy atom. The summed E-state index contributed by atoms with van der Waals surface area (Å²) in [7, 11) is 0. The molecule has 3 aromatic rings. The van der Waals surface area contributed by atoms with Gasteiger partial charge in [0.15, 0.2) is 0 Å². The highest BCUT2D eigenvalue weighted by Gasteiger charge is 2.48. The van der Waals surface area contributed by atoms with Crippen LogP contribution in [0, 0.1) is 11.8 Å². The van der Waals surface area contributed by atoms with E-state index in [0.717, 1.165) is 0 Å². The molecule has 1 heteroatoms. The van der Waals surface area contributed by atoms with Crippen molar-refractivity contribution in [3.63, 3.8) is 0 Å². The molecular weight excluding hydrogens is 350 g/mol. The maximum atomic E-state index is 2.81. The average molecular weight is 376 g/mol. The topological polar surface area (TPSA) is 3.24 Å². The third kappa shape index (κ3) is 2.11. The lowest BCUT2D eigenvalue weighted by molar-refractivity contribution is 0.336. The largest absolute Gasteiger partial charge is 0.363 e. The molecule has 29 heavy (non-hydrogen) atoms. The van der Waals surface area contributed by atoms with Gasteiger partial charge in [-0.05, 0) is 58.2 Å². The van der Waals surface area contributed by atoms with Crippen molar-refractivity contribution in [2.24, 2.45) is 11.8 Å². The van der Waals surface area contributed by atoms with Crippen LogP contribution in [0.1, 0.15) is 47.4 Å². The van der Waals surface area contributed by atoms with Crippen molar-refractivity contribution in [3.8, 4) is 0 Å². The van der Waals surface area contributed by atoms with E-state index < -0.39 is 0 Å². The lowest BCUT2D eigenvalue weighted by Gasteiger charge is -2.51. The summed E-state index contributed by atoms with van der Waals surface area (Å²) in [5.74, 6) is 2.46. The molecule has 2 heterocycles. The van der Waals surface area contributed by atoms with Crippen LogP contribution in [0.25, 0.3) is 10.8 Å². The molecule has 0 bridgehead atoms. The molecule has 142 valence electrons. The minimum atomic E-state index is 0.477. The maximum absolute atomic E-state index is 2.81. The van der Waals surface area contributed by atoms with Crippen molar-refractivity contribution < 1.29 is 0 Å². The fraction of sp³-hybridized carbons (Fsp3) is 0.286. The highest BCUT2D eigenvalue weighted by atomic mass is 15.2. The van der Waals surface area contributed by atoms with Gasteiger partial charge in [-0.15, -0.1) is 0 Å². The van der Waals surface area contributed by atoms with E-state index in [1.54, 1.807) is 16.8 Å². The molecule has 0 N–H and O–H groups in total. The monoisotopic (exact) mass is 375 g/mol. The minimum Gasteiger partial charge on any atom is -0.363 e. The smallest absolute Gasteiger partial charge is 0.0582 e. The number of rotatable bonds is 1. The maximum Gasteiger partial charge on any atom is 0.0582 e. The van der Waals surface area contributed by atoms with Crippen LogP contribution in [0.4, 0.5) is 5.69 Å². The van der Waals surface area contributed by atoms with E-state index in [-0.39, 0.29) is 0 Å². The molecule has 1 nitrogen and oxygen atoms in total. The molecule has 2 aliphatic carbocycles. The molecule has 4 aliphatic rings. The first-order valence-electron chi connectivity index (χ1n) is 11.1. The molecule has 7 rings (SSSR count). The van der Waals surface area contributed by atoms with E-state index in [1.165, 1.54) is 35.7 Å². The first-order valence-corrected chi connectivity index (χ1v) is 11.1. The summed E-state index contributed by atoms with van der Waals surface area (Å²) in [6, 6.07) is 23.4. The third-order valence-corrected chi connectivity index (χ3v) is 7.89. The lowest BCUT2D eigenvalue weighted by Crippen LogP contribution is -2.46. The zero-order chi connectivity index (χ0) is 18.9. The Kier molecular flexibility index (Phi) is 3.24. The summed E-state index contributed by atoms with van der Waals surface area (Å²) in [6.45, 7) is 1.18. The average Bonchev–Trinajstić information content (AvgIpc) is 3.43. The van der Waals surface area contributed by atoms with Crippen molar-refractivity contribution in [2.45, 2.75) is 30.7 Å². The summed E-state index contributed by atoms with van der Waals surface area (Å²) in [4.78, 5) is 2.81. The molecule has 2 aliphatic heterocycles. The van der Waals surface area contributed by atoms with Crippen LogP contribution < -0.4 is 4.90 Å². The van der Waals surface area contributed by atoms with Crippen LogP contribution in [-0.2, 0) is 0 Å². The second kappa shape index (κ2) is 5.86. The van der Waals surface area contributed by atoms with E-state index >= 15 is 0 Å². The third-order valence-electron chi connectivity index (χ3n) is 7.89. The van der Waals surface area contributed by atoms with E-state index in [4.69, 9.17) is 0 Å². The second-order valence-corrected chi connectivity index (χ2v) is 9.26. The molecule has 0 saturated heterocycles. The molecule has 0 unspecified atom stereocenters. The zero-order valence-electron chi connectivity index (χ0n) is 16.5. The van der Waals surface area contributed by atoms with Gasteiger partial charge in [0.05, 0.1) is 6.04 Å². The van der Waals surface area contributed by atoms with Gasteiger partial charge >= 0.3 is 0 Å². The van der Waals surface area contributed by atoms with Crippen LogP contribution in [0.3, 0.4) is 0 Å². The first-order chi connectivity index (χ1) is 14.4. The number of anilines is 1. The molecular formula is C28H25N. The number of allylic oxidation sites excluding steroid dienone is 4. The van der Waals surface area contributed by atoms with Gasteiger partial charge in [0.25, 0.3) is 0 Å². The van der Waals surface area contributed by atoms with Crippen LogP contribution in [0.2, 0.25) is 0 Å². The van der Waals surface area contributed by atoms with Crippen molar-refractivity contribution in [2.75, 3.05) is 11.4 Å². The molecule has 5 atom stereocenters. The van der Waals surface area contributed by atoms with E-state index in [9.17, 15) is 0 Å². The Bertz CT molecular complexity index is 1170. The molecule has 0 fully saturated rings. The first kappa shape index (κ1) is 16.0. The number of nitrogens with zero attached hydrogens (tertiary/aromatic N) is 1. The highest BCUT2D eigenvalue weighted by Crippen LogP contribution is 2.60. The SMILES string of the molecule is C1=C[C@@H]2c3cc4ccccc4c4c3N(C[C@H]2C1)[C@H](c1ccccc1)[C@H]1CC=C[C@H]41. The second-order valence-electron chi connectivity index (χ2n) is 9.26. The molecule has 3 aromatic carbocycles. The van der Waals surface area contributed by atoms with Gasteiger partial charge in [-0.2, -0.15) is 0 Å².